The molecule has 0 amide bonds. The van der Waals surface area contributed by atoms with Crippen molar-refractivity contribution in [2.45, 2.75) is 89.7 Å². The molecule has 1 N–H and O–H groups in total. The van der Waals surface area contributed by atoms with Crippen LogP contribution in [0.4, 0.5) is 0 Å². The highest BCUT2D eigenvalue weighted by molar-refractivity contribution is 4.94. The third kappa shape index (κ3) is 2.57. The van der Waals surface area contributed by atoms with Crippen LogP contribution in [0.25, 0.3) is 0 Å². The Morgan fingerprint density at radius 1 is 1.06 bits per heavy atom. The van der Waals surface area contributed by atoms with Gasteiger partial charge < -0.3 is 19.3 Å². The van der Waals surface area contributed by atoms with Crippen molar-refractivity contribution in [2.24, 2.45) is 0 Å². The Morgan fingerprint density at radius 3 is 2.39 bits per heavy atom. The molecule has 2 rings (SSSR count). The Hall–Kier alpha value is -0.160. The van der Waals surface area contributed by atoms with E-state index in [-0.39, 0.29) is 18.5 Å². The summed E-state index contributed by atoms with van der Waals surface area (Å²) in [7, 11) is 0. The molecule has 0 bridgehead atoms. The first-order chi connectivity index (χ1) is 8.65. The molecule has 2 saturated heterocycles. The summed E-state index contributed by atoms with van der Waals surface area (Å²) in [6.07, 6.45) is 4.36. The van der Waals surface area contributed by atoms with Gasteiger partial charge in [-0.05, 0) is 12.8 Å². The second-order valence-corrected chi connectivity index (χ2v) is 5.41. The summed E-state index contributed by atoms with van der Waals surface area (Å²) in [5.41, 5.74) is 0. The van der Waals surface area contributed by atoms with E-state index in [0.717, 1.165) is 38.5 Å². The van der Waals surface area contributed by atoms with Crippen LogP contribution in [-0.4, -0.2) is 35.5 Å². The molecule has 0 aromatic rings. The number of aliphatic hydroxyl groups excluding tert-OH is 1. The van der Waals surface area contributed by atoms with Crippen LogP contribution >= 0.6 is 0 Å². The van der Waals surface area contributed by atoms with E-state index in [0.29, 0.717) is 0 Å². The van der Waals surface area contributed by atoms with E-state index in [2.05, 4.69) is 13.8 Å². The minimum Gasteiger partial charge on any atom is -0.387 e. The Bertz CT molecular complexity index is 271. The van der Waals surface area contributed by atoms with Gasteiger partial charge in [0.2, 0.25) is 0 Å². The van der Waals surface area contributed by atoms with Gasteiger partial charge in [0, 0.05) is 12.8 Å². The normalized spacial score (nSPS) is 43.3. The molecular weight excluding hydrogens is 232 g/mol. The maximum absolute atomic E-state index is 10.2. The summed E-state index contributed by atoms with van der Waals surface area (Å²) in [6, 6.07) is 0. The molecule has 0 spiro atoms. The Morgan fingerprint density at radius 2 is 1.83 bits per heavy atom. The van der Waals surface area contributed by atoms with Crippen molar-refractivity contribution < 1.29 is 19.3 Å². The molecule has 0 radical (unpaired) electrons. The first kappa shape index (κ1) is 14.3. The zero-order valence-corrected chi connectivity index (χ0v) is 11.7. The number of ether oxygens (including phenoxy) is 3. The highest BCUT2D eigenvalue weighted by Gasteiger charge is 2.56. The van der Waals surface area contributed by atoms with Gasteiger partial charge in [0.05, 0.1) is 6.10 Å². The Balaban J connectivity index is 2.01. The lowest BCUT2D eigenvalue weighted by molar-refractivity contribution is -0.240. The van der Waals surface area contributed by atoms with Crippen molar-refractivity contribution in [2.75, 3.05) is 0 Å². The number of hydrogen-bond donors (Lipinski definition) is 1. The van der Waals surface area contributed by atoms with Gasteiger partial charge in [-0.3, -0.25) is 0 Å². The van der Waals surface area contributed by atoms with E-state index < -0.39 is 11.9 Å². The Kier molecular flexibility index (Phi) is 4.64. The lowest BCUT2D eigenvalue weighted by atomic mass is 10.0. The van der Waals surface area contributed by atoms with Gasteiger partial charge in [-0.1, -0.05) is 33.6 Å². The average Bonchev–Trinajstić information content (AvgIpc) is 2.84. The summed E-state index contributed by atoms with van der Waals surface area (Å²) in [4.78, 5) is 0. The van der Waals surface area contributed by atoms with Gasteiger partial charge in [-0.25, -0.2) is 0 Å². The minimum atomic E-state index is -0.555. The summed E-state index contributed by atoms with van der Waals surface area (Å²) in [6.45, 7) is 6.29. The van der Waals surface area contributed by atoms with Crippen LogP contribution in [0.15, 0.2) is 0 Å². The third-order valence-electron chi connectivity index (χ3n) is 3.92. The fourth-order valence-electron chi connectivity index (χ4n) is 2.94. The zero-order chi connectivity index (χ0) is 13.2. The predicted molar refractivity (Wildman–Crippen MR) is 68.1 cm³/mol. The van der Waals surface area contributed by atoms with Crippen LogP contribution < -0.4 is 0 Å². The number of unbranched alkanes of at least 4 members (excludes halogenated alkanes) is 1. The van der Waals surface area contributed by atoms with Gasteiger partial charge in [0.25, 0.3) is 0 Å². The van der Waals surface area contributed by atoms with Gasteiger partial charge in [-0.2, -0.15) is 0 Å². The fourth-order valence-corrected chi connectivity index (χ4v) is 2.94. The molecule has 0 saturated carbocycles. The maximum Gasteiger partial charge on any atom is 0.190 e. The molecular formula is C14H26O4. The molecule has 2 aliphatic rings. The fraction of sp³-hybridized carbons (Fsp3) is 1.00. The standard InChI is InChI=1S/C14H26O4/c1-4-7-9-14(8-5-2)17-12-11(15)10(6-3)16-13(12)18-14/h10-13,15H,4-9H2,1-3H3/t10-,11+,12-,13-,14?/m1/s1. The molecule has 2 heterocycles. The molecule has 4 nitrogen and oxygen atoms in total. The molecule has 4 heteroatoms. The predicted octanol–water partition coefficient (Wildman–Crippen LogP) is 2.58. The average molecular weight is 258 g/mol. The molecule has 0 aliphatic carbocycles. The lowest BCUT2D eigenvalue weighted by Gasteiger charge is -2.30. The Labute approximate surface area is 110 Å². The monoisotopic (exact) mass is 258 g/mol. The molecule has 1 unspecified atom stereocenters. The van der Waals surface area contributed by atoms with Gasteiger partial charge in [0.15, 0.2) is 12.1 Å². The number of rotatable bonds is 6. The molecule has 5 atom stereocenters. The van der Waals surface area contributed by atoms with Crippen LogP contribution in [0.5, 0.6) is 0 Å². The summed E-state index contributed by atoms with van der Waals surface area (Å²) < 4.78 is 17.8. The van der Waals surface area contributed by atoms with Gasteiger partial charge >= 0.3 is 0 Å². The van der Waals surface area contributed by atoms with Crippen molar-refractivity contribution in [1.29, 1.82) is 0 Å². The van der Waals surface area contributed by atoms with Crippen molar-refractivity contribution >= 4 is 0 Å². The van der Waals surface area contributed by atoms with Gasteiger partial charge in [-0.15, -0.1) is 0 Å². The van der Waals surface area contributed by atoms with Crippen LogP contribution in [0.1, 0.15) is 59.3 Å². The molecule has 106 valence electrons. The lowest BCUT2D eigenvalue weighted by Crippen LogP contribution is -2.37. The van der Waals surface area contributed by atoms with E-state index in [1.165, 1.54) is 0 Å². The second-order valence-electron chi connectivity index (χ2n) is 5.41. The van der Waals surface area contributed by atoms with E-state index in [9.17, 15) is 5.11 Å². The van der Waals surface area contributed by atoms with Crippen molar-refractivity contribution in [1.82, 2.24) is 0 Å². The summed E-state index contributed by atoms with van der Waals surface area (Å²) in [5, 5.41) is 10.2. The van der Waals surface area contributed by atoms with Crippen molar-refractivity contribution in [3.05, 3.63) is 0 Å². The third-order valence-corrected chi connectivity index (χ3v) is 3.92. The molecule has 2 aliphatic heterocycles. The first-order valence-electron chi connectivity index (χ1n) is 7.35. The van der Waals surface area contributed by atoms with Crippen LogP contribution in [0.3, 0.4) is 0 Å². The molecule has 0 aromatic carbocycles. The maximum atomic E-state index is 10.2. The molecule has 0 aromatic heterocycles. The quantitative estimate of drug-likeness (QED) is 0.795. The van der Waals surface area contributed by atoms with E-state index >= 15 is 0 Å². The van der Waals surface area contributed by atoms with Crippen LogP contribution in [0.2, 0.25) is 0 Å². The van der Waals surface area contributed by atoms with Crippen LogP contribution in [-0.2, 0) is 14.2 Å². The van der Waals surface area contributed by atoms with Crippen molar-refractivity contribution in [3.63, 3.8) is 0 Å². The second kappa shape index (κ2) is 5.87. The van der Waals surface area contributed by atoms with Crippen molar-refractivity contribution in [3.8, 4) is 0 Å². The smallest absolute Gasteiger partial charge is 0.190 e. The van der Waals surface area contributed by atoms with Gasteiger partial charge in [0.1, 0.15) is 12.2 Å². The number of fused-ring (bicyclic) bond motifs is 1. The first-order valence-corrected chi connectivity index (χ1v) is 7.35. The van der Waals surface area contributed by atoms with E-state index in [1.807, 2.05) is 6.92 Å². The highest BCUT2D eigenvalue weighted by atomic mass is 16.8. The SMILES string of the molecule is CCCCC1(CCC)O[C@H]2O[C@H](CC)[C@H](O)[C@H]2O1. The highest BCUT2D eigenvalue weighted by Crippen LogP contribution is 2.43. The number of aliphatic hydroxyl groups is 1. The molecule has 2 fully saturated rings. The number of hydrogen-bond acceptors (Lipinski definition) is 4. The summed E-state index contributed by atoms with van der Waals surface area (Å²) >= 11 is 0. The minimum absolute atomic E-state index is 0.147. The van der Waals surface area contributed by atoms with Crippen LogP contribution in [0, 0.1) is 0 Å². The molecule has 18 heavy (non-hydrogen) atoms. The van der Waals surface area contributed by atoms with E-state index in [4.69, 9.17) is 14.2 Å². The topological polar surface area (TPSA) is 47.9 Å². The largest absolute Gasteiger partial charge is 0.387 e. The zero-order valence-electron chi connectivity index (χ0n) is 11.7. The van der Waals surface area contributed by atoms with E-state index in [1.54, 1.807) is 0 Å². The summed E-state index contributed by atoms with van der Waals surface area (Å²) in [5.74, 6) is -0.528.